The van der Waals surface area contributed by atoms with Crippen LogP contribution in [0.4, 0.5) is 0 Å². The average Bonchev–Trinajstić information content (AvgIpc) is 2.89. The van der Waals surface area contributed by atoms with Crippen molar-refractivity contribution in [2.75, 3.05) is 6.54 Å². The van der Waals surface area contributed by atoms with Gasteiger partial charge in [0.15, 0.2) is 0 Å². The van der Waals surface area contributed by atoms with Gasteiger partial charge in [0.1, 0.15) is 11.7 Å². The van der Waals surface area contributed by atoms with Gasteiger partial charge in [-0.2, -0.15) is 0 Å². The lowest BCUT2D eigenvalue weighted by Crippen LogP contribution is -2.48. The lowest BCUT2D eigenvalue weighted by molar-refractivity contribution is -0.122. The molecule has 2 fully saturated rings. The second kappa shape index (κ2) is 4.54. The molecule has 0 spiro atoms. The predicted molar refractivity (Wildman–Crippen MR) is 86.5 cm³/mol. The summed E-state index contributed by atoms with van der Waals surface area (Å²) in [5, 5.41) is 0.987. The van der Waals surface area contributed by atoms with Crippen LogP contribution in [0.25, 0.3) is 10.9 Å². The molecule has 2 aromatic rings. The summed E-state index contributed by atoms with van der Waals surface area (Å²) in [4.78, 5) is 30.8. The maximum absolute atomic E-state index is 12.8. The summed E-state index contributed by atoms with van der Waals surface area (Å²) in [5.41, 5.74) is 6.82. The van der Waals surface area contributed by atoms with Gasteiger partial charge in [-0.25, -0.2) is 4.98 Å². The maximum atomic E-state index is 12.8. The number of likely N-dealkylation sites (tertiary alicyclic amines) is 1. The van der Waals surface area contributed by atoms with Gasteiger partial charge in [0.05, 0.1) is 5.52 Å². The molecular weight excluding hydrogens is 290 g/mol. The number of hydrogen-bond donors (Lipinski definition) is 1. The second-order valence-corrected chi connectivity index (χ2v) is 7.15. The van der Waals surface area contributed by atoms with Gasteiger partial charge in [-0.3, -0.25) is 9.59 Å². The van der Waals surface area contributed by atoms with Crippen LogP contribution in [0.1, 0.15) is 24.3 Å². The smallest absolute Gasteiger partial charge is 0.273 e. The molecule has 3 atom stereocenters. The first kappa shape index (κ1) is 14.2. The van der Waals surface area contributed by atoms with Crippen LogP contribution in [0.3, 0.4) is 0 Å². The SMILES string of the molecule is CC1(C)C2CN(C(=O)c3ccc4ccccc4n3)C(C(N)=O)C21. The van der Waals surface area contributed by atoms with Crippen LogP contribution in [0.5, 0.6) is 0 Å². The number of nitrogens with zero attached hydrogens (tertiary/aromatic N) is 2. The topological polar surface area (TPSA) is 76.3 Å². The molecule has 5 heteroatoms. The number of nitrogens with two attached hydrogens (primary N) is 1. The van der Waals surface area contributed by atoms with Gasteiger partial charge in [0.2, 0.25) is 5.91 Å². The minimum Gasteiger partial charge on any atom is -0.368 e. The second-order valence-electron chi connectivity index (χ2n) is 7.15. The number of para-hydroxylation sites is 1. The number of primary amides is 1. The highest BCUT2D eigenvalue weighted by molar-refractivity contribution is 5.98. The van der Waals surface area contributed by atoms with Crippen LogP contribution in [-0.2, 0) is 4.79 Å². The maximum Gasteiger partial charge on any atom is 0.273 e. The van der Waals surface area contributed by atoms with E-state index in [2.05, 4.69) is 18.8 Å². The van der Waals surface area contributed by atoms with Crippen molar-refractivity contribution in [1.29, 1.82) is 0 Å². The highest BCUT2D eigenvalue weighted by Gasteiger charge is 2.69. The standard InChI is InChI=1S/C18H19N3O2/c1-18(2)11-9-21(15(14(11)18)16(19)22)17(23)13-8-7-10-5-3-4-6-12(10)20-13/h3-8,11,14-15H,9H2,1-2H3,(H2,19,22). The van der Waals surface area contributed by atoms with Crippen molar-refractivity contribution in [2.24, 2.45) is 23.0 Å². The summed E-state index contributed by atoms with van der Waals surface area (Å²) in [6.07, 6.45) is 0. The van der Waals surface area contributed by atoms with Gasteiger partial charge >= 0.3 is 0 Å². The highest BCUT2D eigenvalue weighted by atomic mass is 16.2. The predicted octanol–water partition coefficient (Wildman–Crippen LogP) is 1.82. The Labute approximate surface area is 134 Å². The van der Waals surface area contributed by atoms with E-state index in [1.165, 1.54) is 0 Å². The summed E-state index contributed by atoms with van der Waals surface area (Å²) in [5.74, 6) is -0.103. The Kier molecular flexibility index (Phi) is 2.80. The third-order valence-electron chi connectivity index (χ3n) is 5.58. The Morgan fingerprint density at radius 3 is 2.70 bits per heavy atom. The lowest BCUT2D eigenvalue weighted by Gasteiger charge is -2.28. The fourth-order valence-electron chi connectivity index (χ4n) is 4.15. The molecule has 2 heterocycles. The number of carbonyl (C=O) groups is 2. The van der Waals surface area contributed by atoms with E-state index < -0.39 is 11.9 Å². The van der Waals surface area contributed by atoms with Crippen molar-refractivity contribution in [2.45, 2.75) is 19.9 Å². The first-order valence-electron chi connectivity index (χ1n) is 7.87. The van der Waals surface area contributed by atoms with Crippen molar-refractivity contribution >= 4 is 22.7 Å². The molecule has 1 aromatic heterocycles. The van der Waals surface area contributed by atoms with E-state index in [9.17, 15) is 9.59 Å². The molecule has 1 aromatic carbocycles. The quantitative estimate of drug-likeness (QED) is 0.919. The Morgan fingerprint density at radius 2 is 1.96 bits per heavy atom. The van der Waals surface area contributed by atoms with Crippen LogP contribution in [0.2, 0.25) is 0 Å². The summed E-state index contributed by atoms with van der Waals surface area (Å²) < 4.78 is 0. The van der Waals surface area contributed by atoms with E-state index in [1.54, 1.807) is 11.0 Å². The number of hydrogen-bond acceptors (Lipinski definition) is 3. The average molecular weight is 309 g/mol. The number of pyridine rings is 1. The summed E-state index contributed by atoms with van der Waals surface area (Å²) in [6, 6.07) is 10.7. The van der Waals surface area contributed by atoms with Gasteiger partial charge in [0, 0.05) is 11.9 Å². The lowest BCUT2D eigenvalue weighted by atomic mass is 10.0. The molecule has 1 aliphatic carbocycles. The molecule has 23 heavy (non-hydrogen) atoms. The van der Waals surface area contributed by atoms with Crippen LogP contribution in [-0.4, -0.2) is 34.3 Å². The van der Waals surface area contributed by atoms with Crippen molar-refractivity contribution in [3.8, 4) is 0 Å². The number of carbonyl (C=O) groups excluding carboxylic acids is 2. The van der Waals surface area contributed by atoms with Crippen molar-refractivity contribution in [1.82, 2.24) is 9.88 Å². The number of benzene rings is 1. The zero-order valence-electron chi connectivity index (χ0n) is 13.2. The number of aromatic nitrogens is 1. The highest BCUT2D eigenvalue weighted by Crippen LogP contribution is 2.64. The van der Waals surface area contributed by atoms with Crippen LogP contribution < -0.4 is 5.73 Å². The Morgan fingerprint density at radius 1 is 1.22 bits per heavy atom. The Balaban J connectivity index is 1.67. The first-order chi connectivity index (χ1) is 10.9. The van der Waals surface area contributed by atoms with E-state index in [-0.39, 0.29) is 17.2 Å². The summed E-state index contributed by atoms with van der Waals surface area (Å²) in [7, 11) is 0. The number of fused-ring (bicyclic) bond motifs is 2. The van der Waals surface area contributed by atoms with Gasteiger partial charge in [-0.05, 0) is 29.4 Å². The molecule has 5 nitrogen and oxygen atoms in total. The number of piperidine rings is 1. The van der Waals surface area contributed by atoms with Gasteiger partial charge < -0.3 is 10.6 Å². The van der Waals surface area contributed by atoms with Crippen LogP contribution in [0.15, 0.2) is 36.4 Å². The minimum atomic E-state index is -0.518. The van der Waals surface area contributed by atoms with Crippen LogP contribution >= 0.6 is 0 Å². The van der Waals surface area contributed by atoms with Gasteiger partial charge in [-0.15, -0.1) is 0 Å². The molecule has 0 bridgehead atoms. The van der Waals surface area contributed by atoms with Crippen molar-refractivity contribution < 1.29 is 9.59 Å². The van der Waals surface area contributed by atoms with Crippen molar-refractivity contribution in [3.05, 3.63) is 42.1 Å². The van der Waals surface area contributed by atoms with E-state index in [0.29, 0.717) is 18.2 Å². The fraction of sp³-hybridized carbons (Fsp3) is 0.389. The molecule has 118 valence electrons. The number of amides is 2. The fourth-order valence-corrected chi connectivity index (χ4v) is 4.15. The largest absolute Gasteiger partial charge is 0.368 e. The Hall–Kier alpha value is -2.43. The molecular formula is C18H19N3O2. The monoisotopic (exact) mass is 309 g/mol. The van der Waals surface area contributed by atoms with E-state index in [0.717, 1.165) is 10.9 Å². The van der Waals surface area contributed by atoms with E-state index >= 15 is 0 Å². The molecule has 0 radical (unpaired) electrons. The van der Waals surface area contributed by atoms with Gasteiger partial charge in [0.25, 0.3) is 5.91 Å². The van der Waals surface area contributed by atoms with Crippen LogP contribution in [0, 0.1) is 17.3 Å². The third-order valence-corrected chi connectivity index (χ3v) is 5.58. The molecule has 2 aliphatic rings. The molecule has 1 saturated carbocycles. The Bertz CT molecular complexity index is 830. The zero-order valence-corrected chi connectivity index (χ0v) is 13.2. The molecule has 4 rings (SSSR count). The molecule has 2 amide bonds. The first-order valence-corrected chi connectivity index (χ1v) is 7.87. The third kappa shape index (κ3) is 1.96. The summed E-state index contributed by atoms with van der Waals surface area (Å²) >= 11 is 0. The van der Waals surface area contributed by atoms with E-state index in [1.807, 2.05) is 30.3 Å². The molecule has 1 aliphatic heterocycles. The molecule has 1 saturated heterocycles. The zero-order chi connectivity index (χ0) is 16.4. The van der Waals surface area contributed by atoms with Gasteiger partial charge in [-0.1, -0.05) is 38.1 Å². The minimum absolute atomic E-state index is 0.0906. The molecule has 3 unspecified atom stereocenters. The normalized spacial score (nSPS) is 27.7. The summed E-state index contributed by atoms with van der Waals surface area (Å²) in [6.45, 7) is 4.85. The molecule has 2 N–H and O–H groups in total. The number of rotatable bonds is 2. The van der Waals surface area contributed by atoms with Crippen molar-refractivity contribution in [3.63, 3.8) is 0 Å². The van der Waals surface area contributed by atoms with E-state index in [4.69, 9.17) is 5.73 Å².